The molecule has 4 rings (SSSR count). The maximum Gasteiger partial charge on any atom is 0.419 e. The predicted molar refractivity (Wildman–Crippen MR) is 113 cm³/mol. The molecule has 1 heterocycles. The van der Waals surface area contributed by atoms with Gasteiger partial charge in [0.15, 0.2) is 5.58 Å². The summed E-state index contributed by atoms with van der Waals surface area (Å²) >= 11 is 0. The van der Waals surface area contributed by atoms with Gasteiger partial charge >= 0.3 is 5.76 Å². The molecule has 1 N–H and O–H groups in total. The summed E-state index contributed by atoms with van der Waals surface area (Å²) < 4.78 is 6.82. The van der Waals surface area contributed by atoms with Crippen LogP contribution in [0.25, 0.3) is 11.1 Å². The smallest absolute Gasteiger partial charge is 0.408 e. The Balaban J connectivity index is 1.43. The van der Waals surface area contributed by atoms with Crippen LogP contribution in [-0.4, -0.2) is 10.5 Å². The summed E-state index contributed by atoms with van der Waals surface area (Å²) in [5.41, 5.74) is 3.38. The molecular formula is C24H22N2O3. The molecular weight excluding hydrogens is 364 g/mol. The number of nitrogens with zero attached hydrogens (tertiary/aromatic N) is 1. The van der Waals surface area contributed by atoms with Gasteiger partial charge in [-0.05, 0) is 29.7 Å². The Morgan fingerprint density at radius 2 is 1.45 bits per heavy atom. The lowest BCUT2D eigenvalue weighted by Crippen LogP contribution is -2.29. The van der Waals surface area contributed by atoms with Gasteiger partial charge in [0.1, 0.15) is 0 Å². The fourth-order valence-corrected chi connectivity index (χ4v) is 3.51. The topological polar surface area (TPSA) is 64.2 Å². The molecule has 3 aromatic carbocycles. The van der Waals surface area contributed by atoms with Crippen LogP contribution in [0.3, 0.4) is 0 Å². The number of carbonyl (C=O) groups is 1. The van der Waals surface area contributed by atoms with Gasteiger partial charge in [0.25, 0.3) is 0 Å². The van der Waals surface area contributed by atoms with Gasteiger partial charge in [-0.15, -0.1) is 0 Å². The van der Waals surface area contributed by atoms with E-state index in [0.717, 1.165) is 16.6 Å². The van der Waals surface area contributed by atoms with E-state index in [1.54, 1.807) is 10.6 Å². The normalized spacial score (nSPS) is 11.1. The molecule has 0 bridgehead atoms. The maximum absolute atomic E-state index is 12.7. The van der Waals surface area contributed by atoms with E-state index in [2.05, 4.69) is 5.32 Å². The van der Waals surface area contributed by atoms with Crippen LogP contribution >= 0.6 is 0 Å². The summed E-state index contributed by atoms with van der Waals surface area (Å²) in [5.74, 6) is -0.443. The molecule has 0 atom stereocenters. The number of carbonyl (C=O) groups excluding carboxylic acids is 1. The van der Waals surface area contributed by atoms with E-state index in [0.29, 0.717) is 25.0 Å². The average molecular weight is 386 g/mol. The van der Waals surface area contributed by atoms with Gasteiger partial charge in [-0.3, -0.25) is 9.36 Å². The number of hydrogen-bond acceptors (Lipinski definition) is 3. The number of amides is 1. The largest absolute Gasteiger partial charge is 0.419 e. The minimum absolute atomic E-state index is 0.0523. The summed E-state index contributed by atoms with van der Waals surface area (Å²) in [5, 5.41) is 3.13. The minimum atomic E-state index is -0.391. The number of para-hydroxylation sites is 2. The SMILES string of the molecule is O=C(CCCn1c(=O)oc2ccccc21)NC(c1ccccc1)c1ccccc1. The average Bonchev–Trinajstić information content (AvgIpc) is 3.08. The van der Waals surface area contributed by atoms with Gasteiger partial charge in [0.2, 0.25) is 5.91 Å². The molecule has 0 fully saturated rings. The van der Waals surface area contributed by atoms with Gasteiger partial charge in [0.05, 0.1) is 11.6 Å². The van der Waals surface area contributed by atoms with E-state index in [-0.39, 0.29) is 11.9 Å². The Bertz CT molecular complexity index is 1110. The van der Waals surface area contributed by atoms with Crippen molar-refractivity contribution in [2.24, 2.45) is 0 Å². The number of hydrogen-bond donors (Lipinski definition) is 1. The van der Waals surface area contributed by atoms with Crippen molar-refractivity contribution in [2.45, 2.75) is 25.4 Å². The van der Waals surface area contributed by atoms with E-state index >= 15 is 0 Å². The molecule has 0 aliphatic heterocycles. The molecule has 1 amide bonds. The van der Waals surface area contributed by atoms with Crippen molar-refractivity contribution in [2.75, 3.05) is 0 Å². The van der Waals surface area contributed by atoms with Crippen LogP contribution in [0.1, 0.15) is 30.0 Å². The van der Waals surface area contributed by atoms with Crippen molar-refractivity contribution in [1.82, 2.24) is 9.88 Å². The lowest BCUT2D eigenvalue weighted by molar-refractivity contribution is -0.121. The fraction of sp³-hybridized carbons (Fsp3) is 0.167. The van der Waals surface area contributed by atoms with E-state index in [1.807, 2.05) is 78.9 Å². The molecule has 0 saturated heterocycles. The predicted octanol–water partition coefficient (Wildman–Crippen LogP) is 4.28. The Kier molecular flexibility index (Phi) is 5.56. The molecule has 146 valence electrons. The molecule has 29 heavy (non-hydrogen) atoms. The van der Waals surface area contributed by atoms with Gasteiger partial charge in [-0.1, -0.05) is 72.8 Å². The zero-order valence-electron chi connectivity index (χ0n) is 16.0. The van der Waals surface area contributed by atoms with Crippen molar-refractivity contribution in [3.05, 3.63) is 107 Å². The molecule has 0 radical (unpaired) electrons. The number of nitrogens with one attached hydrogen (secondary N) is 1. The molecule has 5 heteroatoms. The quantitative estimate of drug-likeness (QED) is 0.516. The Morgan fingerprint density at radius 3 is 2.10 bits per heavy atom. The van der Waals surface area contributed by atoms with Crippen LogP contribution in [0.5, 0.6) is 0 Å². The first-order valence-corrected chi connectivity index (χ1v) is 9.70. The van der Waals surface area contributed by atoms with Crippen LogP contribution in [0.2, 0.25) is 0 Å². The molecule has 0 aliphatic carbocycles. The summed E-state index contributed by atoms with van der Waals surface area (Å²) in [4.78, 5) is 24.7. The van der Waals surface area contributed by atoms with Crippen molar-refractivity contribution < 1.29 is 9.21 Å². The summed E-state index contributed by atoms with van der Waals surface area (Å²) in [6.07, 6.45) is 0.869. The van der Waals surface area contributed by atoms with E-state index in [1.165, 1.54) is 0 Å². The highest BCUT2D eigenvalue weighted by molar-refractivity contribution is 5.77. The first-order valence-electron chi connectivity index (χ1n) is 9.70. The summed E-state index contributed by atoms with van der Waals surface area (Å²) in [6, 6.07) is 26.9. The highest BCUT2D eigenvalue weighted by Gasteiger charge is 2.16. The third kappa shape index (κ3) is 4.29. The fourth-order valence-electron chi connectivity index (χ4n) is 3.51. The maximum atomic E-state index is 12.7. The zero-order valence-corrected chi connectivity index (χ0v) is 16.0. The van der Waals surface area contributed by atoms with Crippen LogP contribution in [0.15, 0.2) is 94.1 Å². The van der Waals surface area contributed by atoms with Gasteiger partial charge in [-0.25, -0.2) is 4.79 Å². The third-order valence-corrected chi connectivity index (χ3v) is 4.93. The van der Waals surface area contributed by atoms with Crippen LogP contribution in [-0.2, 0) is 11.3 Å². The standard InChI is InChI=1S/C24H22N2O3/c27-22(16-9-17-26-20-14-7-8-15-21(20)29-24(26)28)25-23(18-10-3-1-4-11-18)19-12-5-2-6-13-19/h1-8,10-15,23H,9,16-17H2,(H,25,27). The Labute approximate surface area is 168 Å². The Morgan fingerprint density at radius 1 is 0.862 bits per heavy atom. The first-order chi connectivity index (χ1) is 14.2. The van der Waals surface area contributed by atoms with Crippen molar-refractivity contribution in [3.8, 4) is 0 Å². The van der Waals surface area contributed by atoms with E-state index < -0.39 is 5.76 Å². The number of benzene rings is 3. The molecule has 0 spiro atoms. The van der Waals surface area contributed by atoms with E-state index in [9.17, 15) is 9.59 Å². The molecule has 0 unspecified atom stereocenters. The second-order valence-electron chi connectivity index (χ2n) is 6.91. The second kappa shape index (κ2) is 8.61. The zero-order chi connectivity index (χ0) is 20.1. The molecule has 1 aromatic heterocycles. The highest BCUT2D eigenvalue weighted by Crippen LogP contribution is 2.22. The number of aryl methyl sites for hydroxylation is 1. The number of aromatic nitrogens is 1. The summed E-state index contributed by atoms with van der Waals surface area (Å²) in [6.45, 7) is 0.435. The van der Waals surface area contributed by atoms with E-state index in [4.69, 9.17) is 4.42 Å². The lowest BCUT2D eigenvalue weighted by atomic mass is 9.98. The first kappa shape index (κ1) is 18.7. The van der Waals surface area contributed by atoms with Crippen molar-refractivity contribution in [1.29, 1.82) is 0 Å². The lowest BCUT2D eigenvalue weighted by Gasteiger charge is -2.20. The van der Waals surface area contributed by atoms with Gasteiger partial charge < -0.3 is 9.73 Å². The number of fused-ring (bicyclic) bond motifs is 1. The van der Waals surface area contributed by atoms with Crippen LogP contribution in [0, 0.1) is 0 Å². The van der Waals surface area contributed by atoms with Crippen LogP contribution < -0.4 is 11.1 Å². The van der Waals surface area contributed by atoms with Crippen molar-refractivity contribution in [3.63, 3.8) is 0 Å². The van der Waals surface area contributed by atoms with Crippen molar-refractivity contribution >= 4 is 17.0 Å². The molecule has 0 saturated carbocycles. The van der Waals surface area contributed by atoms with Gasteiger partial charge in [0, 0.05) is 13.0 Å². The third-order valence-electron chi connectivity index (χ3n) is 4.93. The van der Waals surface area contributed by atoms with Crippen LogP contribution in [0.4, 0.5) is 0 Å². The second-order valence-corrected chi connectivity index (χ2v) is 6.91. The monoisotopic (exact) mass is 386 g/mol. The van der Waals surface area contributed by atoms with Gasteiger partial charge in [-0.2, -0.15) is 0 Å². The highest BCUT2D eigenvalue weighted by atomic mass is 16.4. The molecule has 4 aromatic rings. The Hall–Kier alpha value is -3.60. The number of oxazole rings is 1. The molecule has 5 nitrogen and oxygen atoms in total. The number of rotatable bonds is 7. The summed E-state index contributed by atoms with van der Waals surface area (Å²) in [7, 11) is 0. The molecule has 0 aliphatic rings. The minimum Gasteiger partial charge on any atom is -0.408 e.